The number of unbranched alkanes of at least 4 members (excludes halogenated alkanes) is 17. The molecule has 0 fully saturated rings. The first-order valence-electron chi connectivity index (χ1n) is 18.5. The van der Waals surface area contributed by atoms with E-state index in [1.54, 1.807) is 6.08 Å². The van der Waals surface area contributed by atoms with Crippen molar-refractivity contribution in [2.24, 2.45) is 0 Å². The summed E-state index contributed by atoms with van der Waals surface area (Å²) >= 11 is 1.90. The summed E-state index contributed by atoms with van der Waals surface area (Å²) < 4.78 is 11.7. The molecule has 0 amide bonds. The average molecular weight is 637 g/mol. The average Bonchev–Trinajstić information content (AvgIpc) is 3.07. The Bertz CT molecular complexity index is 1030. The molecule has 0 bridgehead atoms. The minimum atomic E-state index is 0.0115. The lowest BCUT2D eigenvalue weighted by atomic mass is 10.0. The van der Waals surface area contributed by atoms with Gasteiger partial charge in [0.2, 0.25) is 0 Å². The Morgan fingerprint density at radius 1 is 0.578 bits per heavy atom. The Kier molecular flexibility index (Phi) is 23.4. The fourth-order valence-electron chi connectivity index (χ4n) is 5.46. The van der Waals surface area contributed by atoms with E-state index in [0.717, 1.165) is 35.7 Å². The lowest BCUT2D eigenvalue weighted by Crippen LogP contribution is -2.01. The molecule has 0 aliphatic carbocycles. The van der Waals surface area contributed by atoms with Crippen LogP contribution >= 0.6 is 11.8 Å². The standard InChI is InChI=1S/C41H64O3S/c1-4-7-8-9-10-11-12-13-14-15-16-17-18-19-20-21-22-23-34-45-38-28-26-37(27-29-38)39(42)30-24-36-25-31-40(43-32-5-2)41(35-36)44-33-6-3/h24-31,35H,4-23,32-34H2,1-3H3. The zero-order valence-corrected chi connectivity index (χ0v) is 29.9. The molecule has 0 saturated carbocycles. The maximum atomic E-state index is 12.8. The first kappa shape index (κ1) is 39.0. The minimum absolute atomic E-state index is 0.0115. The molecule has 3 nitrogen and oxygen atoms in total. The smallest absolute Gasteiger partial charge is 0.185 e. The van der Waals surface area contributed by atoms with Gasteiger partial charge in [-0.05, 0) is 73.1 Å². The molecule has 2 aromatic rings. The van der Waals surface area contributed by atoms with Crippen LogP contribution in [0.25, 0.3) is 6.08 Å². The van der Waals surface area contributed by atoms with Gasteiger partial charge in [-0.2, -0.15) is 0 Å². The number of hydrogen-bond acceptors (Lipinski definition) is 4. The van der Waals surface area contributed by atoms with Crippen molar-refractivity contribution in [1.82, 2.24) is 0 Å². The van der Waals surface area contributed by atoms with Crippen LogP contribution in [-0.4, -0.2) is 24.7 Å². The van der Waals surface area contributed by atoms with Gasteiger partial charge in [-0.1, -0.05) is 142 Å². The van der Waals surface area contributed by atoms with Crippen molar-refractivity contribution in [2.45, 2.75) is 154 Å². The fourth-order valence-corrected chi connectivity index (χ4v) is 6.37. The van der Waals surface area contributed by atoms with Crippen LogP contribution in [0.4, 0.5) is 0 Å². The molecule has 0 aliphatic heterocycles. The van der Waals surface area contributed by atoms with E-state index >= 15 is 0 Å². The molecule has 2 rings (SSSR count). The Labute approximate surface area is 281 Å². The van der Waals surface area contributed by atoms with Crippen LogP contribution in [0, 0.1) is 0 Å². The van der Waals surface area contributed by atoms with Crippen LogP contribution in [-0.2, 0) is 0 Å². The molecule has 0 N–H and O–H groups in total. The molecule has 0 heterocycles. The van der Waals surface area contributed by atoms with Gasteiger partial charge in [0.25, 0.3) is 0 Å². The number of carbonyl (C=O) groups excluding carboxylic acids is 1. The van der Waals surface area contributed by atoms with Gasteiger partial charge in [-0.3, -0.25) is 4.79 Å². The van der Waals surface area contributed by atoms with Gasteiger partial charge < -0.3 is 9.47 Å². The molecular weight excluding hydrogens is 573 g/mol. The largest absolute Gasteiger partial charge is 0.490 e. The second-order valence-corrected chi connectivity index (χ2v) is 13.7. The van der Waals surface area contributed by atoms with Crippen LogP contribution in [0.1, 0.15) is 165 Å². The molecule has 0 aliphatic rings. The van der Waals surface area contributed by atoms with Gasteiger partial charge in [-0.25, -0.2) is 0 Å². The predicted octanol–water partition coefficient (Wildman–Crippen LogP) is 13.3. The summed E-state index contributed by atoms with van der Waals surface area (Å²) in [6.45, 7) is 7.76. The van der Waals surface area contributed by atoms with Gasteiger partial charge in [0.1, 0.15) is 0 Å². The second kappa shape index (κ2) is 27.0. The Morgan fingerprint density at radius 2 is 1.07 bits per heavy atom. The molecule has 0 aromatic heterocycles. The van der Waals surface area contributed by atoms with E-state index in [1.807, 2.05) is 48.2 Å². The monoisotopic (exact) mass is 636 g/mol. The van der Waals surface area contributed by atoms with Crippen LogP contribution < -0.4 is 9.47 Å². The zero-order chi connectivity index (χ0) is 32.2. The van der Waals surface area contributed by atoms with Crippen molar-refractivity contribution in [1.29, 1.82) is 0 Å². The summed E-state index contributed by atoms with van der Waals surface area (Å²) in [5.41, 5.74) is 1.64. The van der Waals surface area contributed by atoms with Crippen molar-refractivity contribution < 1.29 is 14.3 Å². The normalized spacial score (nSPS) is 11.4. The van der Waals surface area contributed by atoms with E-state index in [0.29, 0.717) is 18.8 Å². The van der Waals surface area contributed by atoms with Crippen molar-refractivity contribution in [3.05, 3.63) is 59.7 Å². The highest BCUT2D eigenvalue weighted by molar-refractivity contribution is 7.99. The quantitative estimate of drug-likeness (QED) is 0.0385. The lowest BCUT2D eigenvalue weighted by molar-refractivity contribution is 0.104. The highest BCUT2D eigenvalue weighted by Gasteiger charge is 2.07. The number of hydrogen-bond donors (Lipinski definition) is 0. The maximum absolute atomic E-state index is 12.8. The van der Waals surface area contributed by atoms with Crippen molar-refractivity contribution in [3.8, 4) is 11.5 Å². The number of carbonyl (C=O) groups is 1. The van der Waals surface area contributed by atoms with Gasteiger partial charge in [0, 0.05) is 10.5 Å². The van der Waals surface area contributed by atoms with Gasteiger partial charge in [0.05, 0.1) is 13.2 Å². The molecule has 0 atom stereocenters. The number of ketones is 1. The van der Waals surface area contributed by atoms with Gasteiger partial charge >= 0.3 is 0 Å². The van der Waals surface area contributed by atoms with E-state index in [4.69, 9.17) is 9.47 Å². The third-order valence-electron chi connectivity index (χ3n) is 8.22. The topological polar surface area (TPSA) is 35.5 Å². The predicted molar refractivity (Wildman–Crippen MR) is 197 cm³/mol. The first-order valence-corrected chi connectivity index (χ1v) is 19.5. The minimum Gasteiger partial charge on any atom is -0.490 e. The summed E-state index contributed by atoms with van der Waals surface area (Å²) in [4.78, 5) is 14.0. The molecule has 2 aromatic carbocycles. The van der Waals surface area contributed by atoms with Crippen molar-refractivity contribution in [2.75, 3.05) is 19.0 Å². The third-order valence-corrected chi connectivity index (χ3v) is 9.32. The van der Waals surface area contributed by atoms with E-state index in [9.17, 15) is 4.79 Å². The molecule has 252 valence electrons. The first-order chi connectivity index (χ1) is 22.2. The number of benzene rings is 2. The lowest BCUT2D eigenvalue weighted by Gasteiger charge is -2.12. The highest BCUT2D eigenvalue weighted by Crippen LogP contribution is 2.29. The van der Waals surface area contributed by atoms with E-state index in [2.05, 4.69) is 32.9 Å². The van der Waals surface area contributed by atoms with E-state index < -0.39 is 0 Å². The fraction of sp³-hybridized carbons (Fsp3) is 0.634. The van der Waals surface area contributed by atoms with Gasteiger partial charge in [-0.15, -0.1) is 11.8 Å². The number of thioether (sulfide) groups is 1. The van der Waals surface area contributed by atoms with Crippen LogP contribution in [0.3, 0.4) is 0 Å². The van der Waals surface area contributed by atoms with Crippen molar-refractivity contribution in [3.63, 3.8) is 0 Å². The summed E-state index contributed by atoms with van der Waals surface area (Å²) in [5, 5.41) is 0. The Morgan fingerprint density at radius 3 is 1.58 bits per heavy atom. The Hall–Kier alpha value is -2.20. The van der Waals surface area contributed by atoms with Crippen LogP contribution in [0.2, 0.25) is 0 Å². The van der Waals surface area contributed by atoms with Crippen LogP contribution in [0.5, 0.6) is 11.5 Å². The molecular formula is C41H64O3S. The third kappa shape index (κ3) is 19.2. The zero-order valence-electron chi connectivity index (χ0n) is 29.1. The van der Waals surface area contributed by atoms with Crippen LogP contribution in [0.15, 0.2) is 53.4 Å². The Balaban J connectivity index is 1.52. The second-order valence-electron chi connectivity index (χ2n) is 12.5. The SMILES string of the molecule is CCCCCCCCCCCCCCCCCCCCSc1ccc(C(=O)C=Cc2ccc(OCCC)c(OCCC)c2)cc1. The summed E-state index contributed by atoms with van der Waals surface area (Å²) in [7, 11) is 0. The maximum Gasteiger partial charge on any atom is 0.185 e. The molecule has 45 heavy (non-hydrogen) atoms. The molecule has 0 spiro atoms. The molecule has 0 saturated heterocycles. The molecule has 0 unspecified atom stereocenters. The number of ether oxygens (including phenoxy) is 2. The molecule has 0 radical (unpaired) electrons. The summed E-state index contributed by atoms with van der Waals surface area (Å²) in [6.07, 6.45) is 30.8. The van der Waals surface area contributed by atoms with Crippen molar-refractivity contribution >= 4 is 23.6 Å². The number of allylic oxidation sites excluding steroid dienone is 1. The summed E-state index contributed by atoms with van der Waals surface area (Å²) in [6, 6.07) is 13.9. The van der Waals surface area contributed by atoms with E-state index in [-0.39, 0.29) is 5.78 Å². The summed E-state index contributed by atoms with van der Waals surface area (Å²) in [5.74, 6) is 2.65. The molecule has 4 heteroatoms. The number of rotatable bonds is 29. The van der Waals surface area contributed by atoms with E-state index in [1.165, 1.54) is 120 Å². The highest BCUT2D eigenvalue weighted by atomic mass is 32.2. The van der Waals surface area contributed by atoms with Gasteiger partial charge in [0.15, 0.2) is 17.3 Å².